The van der Waals surface area contributed by atoms with Crippen LogP contribution in [0.4, 0.5) is 0 Å². The van der Waals surface area contributed by atoms with Crippen molar-refractivity contribution in [1.29, 1.82) is 0 Å². The third kappa shape index (κ3) is 4.82. The number of aromatic hydroxyl groups is 1. The van der Waals surface area contributed by atoms with Gasteiger partial charge in [0.15, 0.2) is 5.75 Å². The van der Waals surface area contributed by atoms with Crippen molar-refractivity contribution in [1.82, 2.24) is 0 Å². The minimum absolute atomic E-state index is 0.192. The molecule has 2 aromatic rings. The number of aliphatic carboxylic acids is 1. The lowest BCUT2D eigenvalue weighted by Gasteiger charge is -2.15. The van der Waals surface area contributed by atoms with Crippen LogP contribution in [0.3, 0.4) is 0 Å². The smallest absolute Gasteiger partial charge is 0.321 e. The first-order chi connectivity index (χ1) is 10.8. The third-order valence-corrected chi connectivity index (χ3v) is 6.10. The van der Waals surface area contributed by atoms with E-state index in [1.165, 1.54) is 0 Å². The predicted molar refractivity (Wildman–Crippen MR) is 112 cm³/mol. The van der Waals surface area contributed by atoms with E-state index in [1.54, 1.807) is 36.4 Å². The Hall–Kier alpha value is -0.340. The first kappa shape index (κ1) is 19.0. The molecule has 2 rings (SSSR count). The lowest BCUT2D eigenvalue weighted by Crippen LogP contribution is -2.33. The average Bonchev–Trinajstić information content (AvgIpc) is 2.50. The fraction of sp³-hybridized carbons (Fsp3) is 0.133. The predicted octanol–water partition coefficient (Wildman–Crippen LogP) is 4.28. The molecule has 0 radical (unpaired) electrons. The Morgan fingerprint density at radius 3 is 2.13 bits per heavy atom. The van der Waals surface area contributed by atoms with E-state index in [9.17, 15) is 9.90 Å². The number of phenols is 1. The highest BCUT2D eigenvalue weighted by Gasteiger charge is 2.23. The molecule has 0 saturated heterocycles. The van der Waals surface area contributed by atoms with E-state index >= 15 is 0 Å². The van der Waals surface area contributed by atoms with Gasteiger partial charge in [0, 0.05) is 0 Å². The summed E-state index contributed by atoms with van der Waals surface area (Å²) in [7, 11) is 0. The molecule has 23 heavy (non-hydrogen) atoms. The van der Waals surface area contributed by atoms with Crippen molar-refractivity contribution in [3.63, 3.8) is 0 Å². The molecule has 0 bridgehead atoms. The maximum atomic E-state index is 10.9. The first-order valence-corrected chi connectivity index (χ1v) is 9.78. The van der Waals surface area contributed by atoms with Crippen LogP contribution in [0, 0.1) is 7.14 Å². The molecule has 0 aliphatic carbocycles. The van der Waals surface area contributed by atoms with Gasteiger partial charge in [-0.2, -0.15) is 0 Å². The summed E-state index contributed by atoms with van der Waals surface area (Å²) in [5.74, 6) is 0.461. The van der Waals surface area contributed by atoms with E-state index in [4.69, 9.17) is 15.6 Å². The fourth-order valence-electron chi connectivity index (χ4n) is 1.81. The Balaban J connectivity index is 2.19. The van der Waals surface area contributed by atoms with Gasteiger partial charge in [-0.15, -0.1) is 0 Å². The van der Waals surface area contributed by atoms with Crippen LogP contribution in [0.2, 0.25) is 0 Å². The van der Waals surface area contributed by atoms with Gasteiger partial charge >= 0.3 is 5.97 Å². The molecule has 122 valence electrons. The second-order valence-electron chi connectivity index (χ2n) is 4.68. The quantitative estimate of drug-likeness (QED) is 0.332. The molecule has 0 heterocycles. The lowest BCUT2D eigenvalue weighted by molar-refractivity contribution is -0.138. The van der Waals surface area contributed by atoms with Crippen molar-refractivity contribution in [3.05, 3.63) is 49.1 Å². The Labute approximate surface area is 174 Å². The van der Waals surface area contributed by atoms with Crippen LogP contribution in [0.1, 0.15) is 9.49 Å². The number of rotatable bonds is 5. The van der Waals surface area contributed by atoms with Crippen LogP contribution in [-0.4, -0.2) is 22.2 Å². The summed E-state index contributed by atoms with van der Waals surface area (Å²) in [4.78, 5) is 10.9. The molecule has 0 fully saturated rings. The molecule has 5 nitrogen and oxygen atoms in total. The molecule has 0 aromatic heterocycles. The van der Waals surface area contributed by atoms with Crippen molar-refractivity contribution < 1.29 is 19.7 Å². The van der Waals surface area contributed by atoms with Crippen molar-refractivity contribution in [3.8, 4) is 17.2 Å². The van der Waals surface area contributed by atoms with Crippen LogP contribution in [0.25, 0.3) is 0 Å². The standard InChI is InChI=1S/C15H12I3NO4/c16-10-5-8(20)6-11(17)14(10)23-9-3-1-7(2-4-9)12(18)13(19)15(21)22/h1-6,12-13,20H,19H2,(H,21,22)/t12?,13-/m0/s1. The van der Waals surface area contributed by atoms with Crippen LogP contribution in [-0.2, 0) is 4.79 Å². The Morgan fingerprint density at radius 2 is 1.65 bits per heavy atom. The molecule has 8 heteroatoms. The highest BCUT2D eigenvalue weighted by molar-refractivity contribution is 14.1. The van der Waals surface area contributed by atoms with Crippen LogP contribution < -0.4 is 10.5 Å². The van der Waals surface area contributed by atoms with E-state index in [0.29, 0.717) is 11.5 Å². The average molecular weight is 651 g/mol. The Kier molecular flexibility index (Phi) is 6.74. The maximum Gasteiger partial charge on any atom is 0.321 e. The van der Waals surface area contributed by atoms with Gasteiger partial charge in [0.2, 0.25) is 0 Å². The number of phenolic OH excluding ortho intramolecular Hbond substituents is 1. The summed E-state index contributed by atoms with van der Waals surface area (Å²) in [6.07, 6.45) is 0. The lowest BCUT2D eigenvalue weighted by atomic mass is 10.1. The first-order valence-electron chi connectivity index (χ1n) is 6.38. The zero-order valence-electron chi connectivity index (χ0n) is 11.5. The van der Waals surface area contributed by atoms with Gasteiger partial charge in [0.25, 0.3) is 0 Å². The highest BCUT2D eigenvalue weighted by Crippen LogP contribution is 2.35. The van der Waals surface area contributed by atoms with Gasteiger partial charge in [-0.25, -0.2) is 0 Å². The van der Waals surface area contributed by atoms with Gasteiger partial charge < -0.3 is 20.7 Å². The largest absolute Gasteiger partial charge is 0.508 e. The van der Waals surface area contributed by atoms with Crippen molar-refractivity contribution in [2.24, 2.45) is 5.73 Å². The number of carboxylic acids is 1. The number of ether oxygens (including phenoxy) is 1. The molecule has 4 N–H and O–H groups in total. The van der Waals surface area contributed by atoms with E-state index in [1.807, 2.05) is 22.6 Å². The number of nitrogens with two attached hydrogens (primary N) is 1. The summed E-state index contributed by atoms with van der Waals surface area (Å²) >= 11 is 6.22. The summed E-state index contributed by atoms with van der Waals surface area (Å²) in [5, 5.41) is 18.5. The van der Waals surface area contributed by atoms with Gasteiger partial charge in [-0.1, -0.05) is 34.7 Å². The minimum Gasteiger partial charge on any atom is -0.508 e. The van der Waals surface area contributed by atoms with Gasteiger partial charge in [-0.05, 0) is 75.0 Å². The summed E-state index contributed by atoms with van der Waals surface area (Å²) in [5.41, 5.74) is 6.47. The molecule has 2 atom stereocenters. The van der Waals surface area contributed by atoms with Crippen molar-refractivity contribution >= 4 is 73.7 Å². The van der Waals surface area contributed by atoms with Crippen LogP contribution in [0.15, 0.2) is 36.4 Å². The maximum absolute atomic E-state index is 10.9. The zero-order valence-corrected chi connectivity index (χ0v) is 18.0. The van der Waals surface area contributed by atoms with Crippen molar-refractivity contribution in [2.45, 2.75) is 9.97 Å². The molecule has 0 amide bonds. The highest BCUT2D eigenvalue weighted by atomic mass is 127. The van der Waals surface area contributed by atoms with E-state index in [2.05, 4.69) is 45.2 Å². The summed E-state index contributed by atoms with van der Waals surface area (Å²) in [6, 6.07) is 9.44. The molecule has 0 saturated carbocycles. The Morgan fingerprint density at radius 1 is 1.13 bits per heavy atom. The van der Waals surface area contributed by atoms with Crippen LogP contribution in [0.5, 0.6) is 17.2 Å². The SMILES string of the molecule is N[C@H](C(=O)O)C(I)c1ccc(Oc2c(I)cc(O)cc2I)cc1. The molecule has 0 aliphatic heterocycles. The van der Waals surface area contributed by atoms with Crippen LogP contribution >= 0.6 is 67.8 Å². The second kappa shape index (κ2) is 8.16. The molecule has 0 spiro atoms. The number of alkyl halides is 1. The minimum atomic E-state index is -1.03. The molecular weight excluding hydrogens is 639 g/mol. The topological polar surface area (TPSA) is 92.8 Å². The number of hydrogen-bond acceptors (Lipinski definition) is 4. The molecule has 2 aromatic carbocycles. The molecular formula is C15H12I3NO4. The van der Waals surface area contributed by atoms with Crippen molar-refractivity contribution in [2.75, 3.05) is 0 Å². The van der Waals surface area contributed by atoms with Gasteiger partial charge in [0.1, 0.15) is 17.5 Å². The molecule has 1 unspecified atom stereocenters. The van der Waals surface area contributed by atoms with Gasteiger partial charge in [0.05, 0.1) is 11.1 Å². The third-order valence-electron chi connectivity index (χ3n) is 3.00. The van der Waals surface area contributed by atoms with E-state index < -0.39 is 12.0 Å². The number of halogens is 3. The number of benzene rings is 2. The van der Waals surface area contributed by atoms with Gasteiger partial charge in [-0.3, -0.25) is 4.79 Å². The van der Waals surface area contributed by atoms with E-state index in [0.717, 1.165) is 12.7 Å². The normalized spacial score (nSPS) is 13.4. The number of carbonyl (C=O) groups is 1. The summed E-state index contributed by atoms with van der Waals surface area (Å²) < 4.78 is 7.14. The number of carboxylic acid groups (broad SMARTS) is 1. The van der Waals surface area contributed by atoms with E-state index in [-0.39, 0.29) is 9.67 Å². The zero-order chi connectivity index (χ0) is 17.1. The summed E-state index contributed by atoms with van der Waals surface area (Å²) in [6.45, 7) is 0. The fourth-order valence-corrected chi connectivity index (χ4v) is 4.49. The second-order valence-corrected chi connectivity index (χ2v) is 8.34. The monoisotopic (exact) mass is 651 g/mol. The molecule has 0 aliphatic rings. The Bertz CT molecular complexity index is 698. The number of hydrogen-bond donors (Lipinski definition) is 3.